The Morgan fingerprint density at radius 3 is 2.80 bits per heavy atom. The molecular formula is C13H12FN3O3. The number of halogens is 1. The summed E-state index contributed by atoms with van der Waals surface area (Å²) in [5, 5.41) is 15.2. The zero-order valence-corrected chi connectivity index (χ0v) is 10.6. The number of carboxylic acid groups (broad SMARTS) is 1. The minimum Gasteiger partial charge on any atom is -0.480 e. The van der Waals surface area contributed by atoms with Crippen LogP contribution in [0, 0.1) is 5.82 Å². The molecule has 104 valence electrons. The maximum Gasteiger partial charge on any atom is 0.328 e. The van der Waals surface area contributed by atoms with Crippen LogP contribution in [0.15, 0.2) is 36.5 Å². The fraction of sp³-hybridized carbons (Fsp3) is 0.154. The van der Waals surface area contributed by atoms with Gasteiger partial charge in [0.1, 0.15) is 17.6 Å². The van der Waals surface area contributed by atoms with Gasteiger partial charge >= 0.3 is 5.97 Å². The third-order valence-corrected chi connectivity index (χ3v) is 2.71. The lowest BCUT2D eigenvalue weighted by atomic mass is 10.3. The van der Waals surface area contributed by atoms with Gasteiger partial charge in [-0.1, -0.05) is 6.07 Å². The van der Waals surface area contributed by atoms with Crippen LogP contribution < -0.4 is 5.32 Å². The Morgan fingerprint density at radius 2 is 2.15 bits per heavy atom. The van der Waals surface area contributed by atoms with Crippen molar-refractivity contribution in [1.82, 2.24) is 9.78 Å². The van der Waals surface area contributed by atoms with Gasteiger partial charge < -0.3 is 10.4 Å². The third kappa shape index (κ3) is 2.82. The largest absolute Gasteiger partial charge is 0.480 e. The first-order chi connectivity index (χ1) is 9.49. The van der Waals surface area contributed by atoms with E-state index in [4.69, 9.17) is 5.11 Å². The van der Waals surface area contributed by atoms with Crippen molar-refractivity contribution in [3.63, 3.8) is 0 Å². The van der Waals surface area contributed by atoms with Crippen LogP contribution in [0.5, 0.6) is 0 Å². The summed E-state index contributed by atoms with van der Waals surface area (Å²) in [7, 11) is 0. The molecule has 0 radical (unpaired) electrons. The highest BCUT2D eigenvalue weighted by atomic mass is 19.1. The van der Waals surface area contributed by atoms with Gasteiger partial charge in [-0.25, -0.2) is 13.9 Å². The second kappa shape index (κ2) is 5.52. The normalized spacial score (nSPS) is 11.9. The molecule has 6 nitrogen and oxygen atoms in total. The molecule has 2 aromatic rings. The zero-order chi connectivity index (χ0) is 14.7. The molecular weight excluding hydrogens is 265 g/mol. The smallest absolute Gasteiger partial charge is 0.328 e. The lowest BCUT2D eigenvalue weighted by Crippen LogP contribution is -2.24. The Morgan fingerprint density at radius 1 is 1.40 bits per heavy atom. The van der Waals surface area contributed by atoms with Crippen molar-refractivity contribution in [2.24, 2.45) is 0 Å². The Kier molecular flexibility index (Phi) is 3.79. The van der Waals surface area contributed by atoms with E-state index in [1.807, 2.05) is 0 Å². The molecule has 1 amide bonds. The lowest BCUT2D eigenvalue weighted by molar-refractivity contribution is -0.140. The topological polar surface area (TPSA) is 84.2 Å². The number of nitrogens with one attached hydrogen (secondary N) is 1. The minimum atomic E-state index is -1.10. The number of hydrogen-bond acceptors (Lipinski definition) is 3. The predicted molar refractivity (Wildman–Crippen MR) is 68.9 cm³/mol. The van der Waals surface area contributed by atoms with Gasteiger partial charge in [0.05, 0.1) is 0 Å². The monoisotopic (exact) mass is 277 g/mol. The quantitative estimate of drug-likeness (QED) is 0.894. The van der Waals surface area contributed by atoms with E-state index in [0.29, 0.717) is 0 Å². The maximum atomic E-state index is 13.0. The van der Waals surface area contributed by atoms with Gasteiger partial charge in [-0.05, 0) is 31.2 Å². The van der Waals surface area contributed by atoms with Crippen LogP contribution in [0.4, 0.5) is 10.1 Å². The fourth-order valence-corrected chi connectivity index (χ4v) is 1.67. The molecule has 1 aromatic carbocycles. The van der Waals surface area contributed by atoms with Gasteiger partial charge in [-0.2, -0.15) is 5.10 Å². The van der Waals surface area contributed by atoms with Crippen molar-refractivity contribution in [1.29, 1.82) is 0 Å². The number of carbonyl (C=O) groups excluding carboxylic acids is 1. The first kappa shape index (κ1) is 13.7. The number of aromatic nitrogens is 2. The van der Waals surface area contributed by atoms with E-state index in [9.17, 15) is 14.0 Å². The van der Waals surface area contributed by atoms with E-state index in [1.54, 1.807) is 0 Å². The summed E-state index contributed by atoms with van der Waals surface area (Å²) in [6.07, 6.45) is 1.33. The van der Waals surface area contributed by atoms with Gasteiger partial charge in [0.15, 0.2) is 0 Å². The van der Waals surface area contributed by atoms with Crippen molar-refractivity contribution in [2.75, 3.05) is 5.32 Å². The standard InChI is InChI=1S/C13H12FN3O3/c1-8(13(19)20)17-11(5-6-15-17)12(18)16-10-4-2-3-9(14)7-10/h2-8H,1H3,(H,16,18)(H,19,20). The van der Waals surface area contributed by atoms with Crippen LogP contribution in [0.25, 0.3) is 0 Å². The zero-order valence-electron chi connectivity index (χ0n) is 10.6. The lowest BCUT2D eigenvalue weighted by Gasteiger charge is -2.11. The molecule has 0 aliphatic rings. The van der Waals surface area contributed by atoms with E-state index in [0.717, 1.165) is 4.68 Å². The molecule has 0 fully saturated rings. The van der Waals surface area contributed by atoms with Gasteiger partial charge in [0.25, 0.3) is 5.91 Å². The highest BCUT2D eigenvalue weighted by Crippen LogP contribution is 2.13. The van der Waals surface area contributed by atoms with Gasteiger partial charge in [-0.3, -0.25) is 4.79 Å². The first-order valence-corrected chi connectivity index (χ1v) is 5.82. The molecule has 0 spiro atoms. The van der Waals surface area contributed by atoms with Crippen LogP contribution in [-0.2, 0) is 4.79 Å². The highest BCUT2D eigenvalue weighted by molar-refractivity contribution is 6.03. The molecule has 1 heterocycles. The van der Waals surface area contributed by atoms with Crippen LogP contribution in [0.3, 0.4) is 0 Å². The average molecular weight is 277 g/mol. The molecule has 0 bridgehead atoms. The summed E-state index contributed by atoms with van der Waals surface area (Å²) in [4.78, 5) is 23.0. The summed E-state index contributed by atoms with van der Waals surface area (Å²) in [6, 6.07) is 5.84. The van der Waals surface area contributed by atoms with Gasteiger partial charge in [0.2, 0.25) is 0 Å². The van der Waals surface area contributed by atoms with Gasteiger partial charge in [-0.15, -0.1) is 0 Å². The number of carbonyl (C=O) groups is 2. The van der Waals surface area contributed by atoms with Crippen LogP contribution in [0.1, 0.15) is 23.5 Å². The molecule has 20 heavy (non-hydrogen) atoms. The number of rotatable bonds is 4. The Hall–Kier alpha value is -2.70. The molecule has 1 unspecified atom stereocenters. The Bertz CT molecular complexity index is 654. The Balaban J connectivity index is 2.22. The van der Waals surface area contributed by atoms with Crippen LogP contribution in [-0.4, -0.2) is 26.8 Å². The molecule has 0 saturated carbocycles. The van der Waals surface area contributed by atoms with Crippen molar-refractivity contribution >= 4 is 17.6 Å². The highest BCUT2D eigenvalue weighted by Gasteiger charge is 2.21. The number of hydrogen-bond donors (Lipinski definition) is 2. The number of benzene rings is 1. The van der Waals surface area contributed by atoms with E-state index in [-0.39, 0.29) is 11.4 Å². The van der Waals surface area contributed by atoms with E-state index >= 15 is 0 Å². The van der Waals surface area contributed by atoms with Gasteiger partial charge in [0, 0.05) is 11.9 Å². The molecule has 2 N–H and O–H groups in total. The number of nitrogens with zero attached hydrogens (tertiary/aromatic N) is 2. The maximum absolute atomic E-state index is 13.0. The molecule has 1 atom stereocenters. The second-order valence-corrected chi connectivity index (χ2v) is 4.14. The summed E-state index contributed by atoms with van der Waals surface area (Å²) in [6.45, 7) is 1.41. The fourth-order valence-electron chi connectivity index (χ4n) is 1.67. The summed E-state index contributed by atoms with van der Waals surface area (Å²) >= 11 is 0. The SMILES string of the molecule is CC(C(=O)O)n1nccc1C(=O)Nc1cccc(F)c1. The van der Waals surface area contributed by atoms with E-state index in [1.165, 1.54) is 43.5 Å². The average Bonchev–Trinajstić information content (AvgIpc) is 2.86. The molecule has 1 aromatic heterocycles. The van der Waals surface area contributed by atoms with Crippen molar-refractivity contribution in [3.8, 4) is 0 Å². The number of amides is 1. The van der Waals surface area contributed by atoms with Crippen molar-refractivity contribution in [2.45, 2.75) is 13.0 Å². The van der Waals surface area contributed by atoms with E-state index in [2.05, 4.69) is 10.4 Å². The third-order valence-electron chi connectivity index (χ3n) is 2.71. The summed E-state index contributed by atoms with van der Waals surface area (Å²) in [5.74, 6) is -2.13. The minimum absolute atomic E-state index is 0.0872. The van der Waals surface area contributed by atoms with Crippen molar-refractivity contribution in [3.05, 3.63) is 48.0 Å². The summed E-state index contributed by atoms with van der Waals surface area (Å²) in [5.41, 5.74) is 0.370. The van der Waals surface area contributed by atoms with Crippen molar-refractivity contribution < 1.29 is 19.1 Å². The molecule has 7 heteroatoms. The number of anilines is 1. The first-order valence-electron chi connectivity index (χ1n) is 5.82. The second-order valence-electron chi connectivity index (χ2n) is 4.14. The number of aliphatic carboxylic acids is 1. The van der Waals surface area contributed by atoms with E-state index < -0.39 is 23.7 Å². The predicted octanol–water partition coefficient (Wildman–Crippen LogP) is 1.92. The number of carboxylic acids is 1. The van der Waals surface area contributed by atoms with Crippen LogP contribution >= 0.6 is 0 Å². The molecule has 0 aliphatic heterocycles. The molecule has 2 rings (SSSR count). The summed E-state index contributed by atoms with van der Waals surface area (Å²) < 4.78 is 14.1. The molecule has 0 saturated heterocycles. The van der Waals surface area contributed by atoms with Crippen LogP contribution in [0.2, 0.25) is 0 Å². The Labute approximate surface area is 113 Å². The molecule has 0 aliphatic carbocycles.